The molecule has 6 heteroatoms. The Morgan fingerprint density at radius 2 is 1.93 bits per heavy atom. The van der Waals surface area contributed by atoms with Crippen LogP contribution in [0, 0.1) is 5.82 Å². The molecule has 1 amide bonds. The third kappa shape index (κ3) is 7.01. The van der Waals surface area contributed by atoms with E-state index in [-0.39, 0.29) is 18.4 Å². The summed E-state index contributed by atoms with van der Waals surface area (Å²) in [6.07, 6.45) is 5.19. The topological polar surface area (TPSA) is 59.6 Å². The molecule has 0 aliphatic carbocycles. The monoisotopic (exact) mass is 372 g/mol. The fourth-order valence-corrected chi connectivity index (χ4v) is 2.27. The quantitative estimate of drug-likeness (QED) is 0.373. The molecular formula is C21H25FN2O3. The third-order valence-corrected chi connectivity index (χ3v) is 3.77. The highest BCUT2D eigenvalue weighted by Crippen LogP contribution is 2.28. The normalized spacial score (nSPS) is 10.6. The molecule has 0 bridgehead atoms. The minimum absolute atomic E-state index is 0.238. The van der Waals surface area contributed by atoms with Gasteiger partial charge in [0, 0.05) is 11.8 Å². The summed E-state index contributed by atoms with van der Waals surface area (Å²) in [6, 6.07) is 11.4. The molecule has 2 aromatic carbocycles. The van der Waals surface area contributed by atoms with Crippen molar-refractivity contribution in [2.75, 3.05) is 25.7 Å². The molecule has 0 atom stereocenters. The average molecular weight is 372 g/mol. The Balaban J connectivity index is 1.84. The molecule has 0 aliphatic heterocycles. The van der Waals surface area contributed by atoms with Crippen LogP contribution in [0.5, 0.6) is 11.5 Å². The second-order valence-electron chi connectivity index (χ2n) is 5.85. The Morgan fingerprint density at radius 1 is 1.15 bits per heavy atom. The molecule has 0 radical (unpaired) electrons. The second kappa shape index (κ2) is 10.9. The number of hydrogen-bond acceptors (Lipinski definition) is 4. The van der Waals surface area contributed by atoms with E-state index in [2.05, 4.69) is 17.6 Å². The summed E-state index contributed by atoms with van der Waals surface area (Å²) in [6.45, 7) is 2.99. The van der Waals surface area contributed by atoms with Gasteiger partial charge >= 0.3 is 0 Å². The van der Waals surface area contributed by atoms with Crippen LogP contribution >= 0.6 is 0 Å². The standard InChI is InChI=1S/C21H25FN2O3/c1-3-4-13-27-19-11-5-16(14-20(19)26-2)6-12-21(25)24-15-23-18-9-7-17(22)8-10-18/h5-12,14,23H,3-4,13,15H2,1-2H3,(H,24,25). The van der Waals surface area contributed by atoms with Gasteiger partial charge in [-0.05, 0) is 54.5 Å². The van der Waals surface area contributed by atoms with Crippen molar-refractivity contribution in [3.05, 3.63) is 59.9 Å². The van der Waals surface area contributed by atoms with Gasteiger partial charge in [0.25, 0.3) is 0 Å². The van der Waals surface area contributed by atoms with Crippen molar-refractivity contribution < 1.29 is 18.7 Å². The first-order chi connectivity index (χ1) is 13.1. The van der Waals surface area contributed by atoms with E-state index in [9.17, 15) is 9.18 Å². The van der Waals surface area contributed by atoms with Gasteiger partial charge in [0.15, 0.2) is 11.5 Å². The highest BCUT2D eigenvalue weighted by Gasteiger charge is 2.05. The lowest BCUT2D eigenvalue weighted by atomic mass is 10.2. The predicted octanol–water partition coefficient (Wildman–Crippen LogP) is 4.21. The van der Waals surface area contributed by atoms with Gasteiger partial charge in [0.1, 0.15) is 5.82 Å². The van der Waals surface area contributed by atoms with Gasteiger partial charge in [-0.2, -0.15) is 0 Å². The molecule has 0 unspecified atom stereocenters. The fraction of sp³-hybridized carbons (Fsp3) is 0.286. The molecule has 0 saturated heterocycles. The Morgan fingerprint density at radius 3 is 2.63 bits per heavy atom. The number of benzene rings is 2. The molecule has 0 spiro atoms. The van der Waals surface area contributed by atoms with E-state index in [0.29, 0.717) is 18.1 Å². The third-order valence-electron chi connectivity index (χ3n) is 3.77. The van der Waals surface area contributed by atoms with Gasteiger partial charge in [0.2, 0.25) is 5.91 Å². The number of hydrogen-bond donors (Lipinski definition) is 2. The Hall–Kier alpha value is -3.02. The number of anilines is 1. The van der Waals surface area contributed by atoms with E-state index in [1.54, 1.807) is 25.3 Å². The van der Waals surface area contributed by atoms with Gasteiger partial charge in [-0.25, -0.2) is 4.39 Å². The number of ether oxygens (including phenoxy) is 2. The maximum absolute atomic E-state index is 12.8. The van der Waals surface area contributed by atoms with E-state index < -0.39 is 0 Å². The summed E-state index contributed by atoms with van der Waals surface area (Å²) in [4.78, 5) is 11.9. The Kier molecular flexibility index (Phi) is 8.16. The van der Waals surface area contributed by atoms with Crippen LogP contribution in [-0.4, -0.2) is 26.3 Å². The number of carbonyl (C=O) groups excluding carboxylic acids is 1. The molecule has 0 saturated carbocycles. The van der Waals surface area contributed by atoms with Crippen molar-refractivity contribution in [3.8, 4) is 11.5 Å². The summed E-state index contributed by atoms with van der Waals surface area (Å²) in [7, 11) is 1.59. The van der Waals surface area contributed by atoms with Crippen LogP contribution in [0.15, 0.2) is 48.5 Å². The maximum atomic E-state index is 12.8. The van der Waals surface area contributed by atoms with Crippen LogP contribution in [0.2, 0.25) is 0 Å². The van der Waals surface area contributed by atoms with Gasteiger partial charge in [-0.15, -0.1) is 0 Å². The lowest BCUT2D eigenvalue weighted by Crippen LogP contribution is -2.27. The average Bonchev–Trinajstić information content (AvgIpc) is 2.68. The summed E-state index contributed by atoms with van der Waals surface area (Å²) in [5.74, 6) is 0.777. The van der Waals surface area contributed by atoms with Crippen LogP contribution in [0.1, 0.15) is 25.3 Å². The van der Waals surface area contributed by atoms with Crippen LogP contribution in [0.4, 0.5) is 10.1 Å². The van der Waals surface area contributed by atoms with Crippen LogP contribution in [0.25, 0.3) is 6.08 Å². The molecule has 2 aromatic rings. The second-order valence-corrected chi connectivity index (χ2v) is 5.85. The maximum Gasteiger partial charge on any atom is 0.245 e. The molecule has 0 aliphatic rings. The number of rotatable bonds is 10. The van der Waals surface area contributed by atoms with Gasteiger partial charge in [-0.3, -0.25) is 4.79 Å². The Labute approximate surface area is 159 Å². The molecule has 0 fully saturated rings. The van der Waals surface area contributed by atoms with Crippen molar-refractivity contribution in [1.82, 2.24) is 5.32 Å². The van der Waals surface area contributed by atoms with E-state index >= 15 is 0 Å². The largest absolute Gasteiger partial charge is 0.493 e. The van der Waals surface area contributed by atoms with Gasteiger partial charge in [0.05, 0.1) is 20.4 Å². The summed E-state index contributed by atoms with van der Waals surface area (Å²) < 4.78 is 23.9. The molecule has 27 heavy (non-hydrogen) atoms. The zero-order valence-corrected chi connectivity index (χ0v) is 15.6. The van der Waals surface area contributed by atoms with Crippen molar-refractivity contribution in [2.45, 2.75) is 19.8 Å². The first-order valence-electron chi connectivity index (χ1n) is 8.88. The predicted molar refractivity (Wildman–Crippen MR) is 105 cm³/mol. The summed E-state index contributed by atoms with van der Waals surface area (Å²) >= 11 is 0. The zero-order valence-electron chi connectivity index (χ0n) is 15.6. The lowest BCUT2D eigenvalue weighted by Gasteiger charge is -2.11. The lowest BCUT2D eigenvalue weighted by molar-refractivity contribution is -0.116. The van der Waals surface area contributed by atoms with Crippen molar-refractivity contribution in [1.29, 1.82) is 0 Å². The first-order valence-corrected chi connectivity index (χ1v) is 8.88. The van der Waals surface area contributed by atoms with E-state index in [1.165, 1.54) is 18.2 Å². The van der Waals surface area contributed by atoms with Crippen LogP contribution in [0.3, 0.4) is 0 Å². The summed E-state index contributed by atoms with van der Waals surface area (Å²) in [5, 5.41) is 5.69. The van der Waals surface area contributed by atoms with E-state index in [0.717, 1.165) is 24.1 Å². The van der Waals surface area contributed by atoms with Crippen LogP contribution < -0.4 is 20.1 Å². The smallest absolute Gasteiger partial charge is 0.245 e. The van der Waals surface area contributed by atoms with Crippen molar-refractivity contribution in [3.63, 3.8) is 0 Å². The van der Waals surface area contributed by atoms with E-state index in [1.807, 2.05) is 18.2 Å². The molecule has 2 rings (SSSR count). The number of amides is 1. The molecular weight excluding hydrogens is 347 g/mol. The number of methoxy groups -OCH3 is 1. The molecule has 0 heterocycles. The zero-order chi connectivity index (χ0) is 19.5. The van der Waals surface area contributed by atoms with Crippen LogP contribution in [-0.2, 0) is 4.79 Å². The number of halogens is 1. The number of unbranched alkanes of at least 4 members (excludes halogenated alkanes) is 1. The number of carbonyl (C=O) groups is 1. The fourth-order valence-electron chi connectivity index (χ4n) is 2.27. The Bertz CT molecular complexity index is 761. The van der Waals surface area contributed by atoms with Gasteiger partial charge < -0.3 is 20.1 Å². The highest BCUT2D eigenvalue weighted by atomic mass is 19.1. The van der Waals surface area contributed by atoms with Crippen molar-refractivity contribution >= 4 is 17.7 Å². The minimum Gasteiger partial charge on any atom is -0.493 e. The molecule has 0 aromatic heterocycles. The van der Waals surface area contributed by atoms with Gasteiger partial charge in [-0.1, -0.05) is 19.4 Å². The minimum atomic E-state index is -0.301. The first kappa shape index (κ1) is 20.3. The van der Waals surface area contributed by atoms with E-state index in [4.69, 9.17) is 9.47 Å². The molecule has 144 valence electrons. The molecule has 2 N–H and O–H groups in total. The SMILES string of the molecule is CCCCOc1ccc(C=CC(=O)NCNc2ccc(F)cc2)cc1OC. The van der Waals surface area contributed by atoms with Crippen molar-refractivity contribution in [2.24, 2.45) is 0 Å². The number of nitrogens with one attached hydrogen (secondary N) is 2. The molecule has 5 nitrogen and oxygen atoms in total. The highest BCUT2D eigenvalue weighted by molar-refractivity contribution is 5.91. The summed E-state index contributed by atoms with van der Waals surface area (Å²) in [5.41, 5.74) is 1.56.